The largest absolute Gasteiger partial charge is 0.480 e. The normalized spacial score (nSPS) is 27.2. The van der Waals surface area contributed by atoms with Gasteiger partial charge in [0.15, 0.2) is 18.5 Å². The average molecular weight is 617 g/mol. The van der Waals surface area contributed by atoms with Crippen LogP contribution in [0.5, 0.6) is 0 Å². The van der Waals surface area contributed by atoms with Crippen molar-refractivity contribution in [2.45, 2.75) is 109 Å². The minimum Gasteiger partial charge on any atom is -0.480 e. The summed E-state index contributed by atoms with van der Waals surface area (Å²) in [4.78, 5) is 86.9. The van der Waals surface area contributed by atoms with E-state index in [4.69, 9.17) is 29.4 Å². The number of hydrogen-bond acceptors (Lipinski definition) is 13. The number of nitrogens with two attached hydrogens (primary N) is 1. The van der Waals surface area contributed by atoms with E-state index in [2.05, 4.69) is 10.6 Å². The molecule has 2 heterocycles. The summed E-state index contributed by atoms with van der Waals surface area (Å²) in [6.07, 6.45) is -6.23. The number of ether oxygens (including phenoxy) is 5. The number of hydrogen-bond donors (Lipinski definition) is 4. The highest BCUT2D eigenvalue weighted by Crippen LogP contribution is 2.29. The Morgan fingerprint density at radius 1 is 0.977 bits per heavy atom. The van der Waals surface area contributed by atoms with Gasteiger partial charge in [0.2, 0.25) is 17.7 Å². The van der Waals surface area contributed by atoms with Crippen molar-refractivity contribution >= 4 is 41.6 Å². The third-order valence-electron chi connectivity index (χ3n) is 6.69. The van der Waals surface area contributed by atoms with Crippen LogP contribution in [0.1, 0.15) is 54.4 Å². The van der Waals surface area contributed by atoms with Crippen molar-refractivity contribution in [3.63, 3.8) is 0 Å². The van der Waals surface area contributed by atoms with Crippen LogP contribution in [0, 0.1) is 0 Å². The summed E-state index contributed by atoms with van der Waals surface area (Å²) < 4.78 is 27.9. The summed E-state index contributed by atoms with van der Waals surface area (Å²) in [6.45, 7) is 6.87. The average Bonchev–Trinajstić information content (AvgIpc) is 3.38. The molecule has 17 heteroatoms. The second kappa shape index (κ2) is 15.6. The standard InChI is InChI=1S/C26H40N4O13/c1-11(27)23(35)29-19(24(36)30-9-7-8-17(30)25(37)38)12(2)40-26-20(28-13(3)31)22(42-16(6)34)21(41-15(5)33)18(43-26)10-39-14(4)32/h11-12,17-22,26H,7-10,27H2,1-6H3,(H,28,31)(H,29,35)(H,37,38)/t11-,12+,17-,18+,19-,20+,21-,22+,26-/m0/s1. The molecule has 0 radical (unpaired) electrons. The maximum absolute atomic E-state index is 13.6. The third-order valence-corrected chi connectivity index (χ3v) is 6.69. The summed E-state index contributed by atoms with van der Waals surface area (Å²) >= 11 is 0. The lowest BCUT2D eigenvalue weighted by Crippen LogP contribution is -2.68. The van der Waals surface area contributed by atoms with Gasteiger partial charge in [-0.15, -0.1) is 0 Å². The minimum absolute atomic E-state index is 0.116. The lowest BCUT2D eigenvalue weighted by molar-refractivity contribution is -0.287. The molecule has 0 aromatic rings. The molecule has 5 N–H and O–H groups in total. The number of carboxylic acids is 1. The van der Waals surface area contributed by atoms with Crippen molar-refractivity contribution in [2.24, 2.45) is 5.73 Å². The van der Waals surface area contributed by atoms with Gasteiger partial charge in [-0.2, -0.15) is 0 Å². The van der Waals surface area contributed by atoms with Crippen LogP contribution in [0.25, 0.3) is 0 Å². The molecule has 0 aromatic heterocycles. The summed E-state index contributed by atoms with van der Waals surface area (Å²) in [5, 5.41) is 14.6. The summed E-state index contributed by atoms with van der Waals surface area (Å²) in [5.74, 6) is -5.64. The van der Waals surface area contributed by atoms with E-state index in [1.807, 2.05) is 0 Å². The molecule has 2 rings (SSSR count). The van der Waals surface area contributed by atoms with Crippen LogP contribution in [0.2, 0.25) is 0 Å². The number of rotatable bonds is 12. The molecule has 17 nitrogen and oxygen atoms in total. The Bertz CT molecular complexity index is 1080. The first-order valence-electron chi connectivity index (χ1n) is 13.7. The van der Waals surface area contributed by atoms with E-state index in [9.17, 15) is 38.7 Å². The predicted octanol–water partition coefficient (Wildman–Crippen LogP) is -2.04. The van der Waals surface area contributed by atoms with Crippen LogP contribution in [0.4, 0.5) is 0 Å². The Morgan fingerprint density at radius 3 is 2.09 bits per heavy atom. The highest BCUT2D eigenvalue weighted by atomic mass is 16.7. The zero-order valence-corrected chi connectivity index (χ0v) is 24.9. The van der Waals surface area contributed by atoms with E-state index >= 15 is 0 Å². The van der Waals surface area contributed by atoms with Crippen LogP contribution in [-0.4, -0.2) is 120 Å². The molecule has 0 unspecified atom stereocenters. The molecule has 9 atom stereocenters. The number of likely N-dealkylation sites (tertiary alicyclic amines) is 1. The van der Waals surface area contributed by atoms with Gasteiger partial charge in [0, 0.05) is 34.2 Å². The van der Waals surface area contributed by atoms with Crippen LogP contribution in [0.3, 0.4) is 0 Å². The van der Waals surface area contributed by atoms with Gasteiger partial charge in [-0.25, -0.2) is 4.79 Å². The first-order valence-corrected chi connectivity index (χ1v) is 13.7. The number of esters is 3. The molecule has 0 aromatic carbocycles. The molecule has 0 spiro atoms. The number of carbonyl (C=O) groups is 7. The van der Waals surface area contributed by atoms with Gasteiger partial charge in [-0.1, -0.05) is 0 Å². The number of aliphatic carboxylic acids is 1. The fourth-order valence-electron chi connectivity index (χ4n) is 4.83. The van der Waals surface area contributed by atoms with Crippen molar-refractivity contribution in [3.05, 3.63) is 0 Å². The molecule has 242 valence electrons. The fourth-order valence-corrected chi connectivity index (χ4v) is 4.83. The van der Waals surface area contributed by atoms with Crippen molar-refractivity contribution < 1.29 is 62.4 Å². The summed E-state index contributed by atoms with van der Waals surface area (Å²) in [6, 6.07) is -4.97. The molecular weight excluding hydrogens is 576 g/mol. The number of amides is 3. The quantitative estimate of drug-likeness (QED) is 0.136. The lowest BCUT2D eigenvalue weighted by Gasteiger charge is -2.46. The Morgan fingerprint density at radius 2 is 1.58 bits per heavy atom. The lowest BCUT2D eigenvalue weighted by atomic mass is 9.95. The molecule has 2 saturated heterocycles. The molecule has 2 aliphatic rings. The van der Waals surface area contributed by atoms with E-state index in [-0.39, 0.29) is 13.0 Å². The minimum atomic E-state index is -1.54. The van der Waals surface area contributed by atoms with E-state index in [0.29, 0.717) is 6.42 Å². The predicted molar refractivity (Wildman–Crippen MR) is 143 cm³/mol. The van der Waals surface area contributed by atoms with E-state index in [1.54, 1.807) is 0 Å². The maximum atomic E-state index is 13.6. The molecule has 43 heavy (non-hydrogen) atoms. The Labute approximate surface area is 248 Å². The van der Waals surface area contributed by atoms with Gasteiger partial charge in [0.25, 0.3) is 0 Å². The molecule has 0 aliphatic carbocycles. The maximum Gasteiger partial charge on any atom is 0.326 e. The first-order chi connectivity index (χ1) is 20.0. The highest BCUT2D eigenvalue weighted by molar-refractivity contribution is 5.92. The number of nitrogens with zero attached hydrogens (tertiary/aromatic N) is 1. The molecule has 2 fully saturated rings. The Hall–Kier alpha value is -3.83. The number of nitrogens with one attached hydrogen (secondary N) is 2. The zero-order chi connectivity index (χ0) is 32.6. The monoisotopic (exact) mass is 616 g/mol. The van der Waals surface area contributed by atoms with Crippen molar-refractivity contribution in [2.75, 3.05) is 13.2 Å². The smallest absolute Gasteiger partial charge is 0.326 e. The summed E-state index contributed by atoms with van der Waals surface area (Å²) in [5.41, 5.74) is 5.69. The fraction of sp³-hybridized carbons (Fsp3) is 0.731. The van der Waals surface area contributed by atoms with Crippen LogP contribution < -0.4 is 16.4 Å². The van der Waals surface area contributed by atoms with Gasteiger partial charge >= 0.3 is 23.9 Å². The van der Waals surface area contributed by atoms with Crippen molar-refractivity contribution in [1.29, 1.82) is 0 Å². The van der Waals surface area contributed by atoms with Gasteiger partial charge in [-0.3, -0.25) is 28.8 Å². The van der Waals surface area contributed by atoms with Crippen LogP contribution in [-0.2, 0) is 57.2 Å². The van der Waals surface area contributed by atoms with Crippen LogP contribution in [0.15, 0.2) is 0 Å². The summed E-state index contributed by atoms with van der Waals surface area (Å²) in [7, 11) is 0. The first kappa shape index (κ1) is 35.4. The SMILES string of the molecule is CC(=O)N[C@H]1[C@@H](O[C@H](C)[C@H](NC(=O)[C@H](C)N)C(=O)N2CCC[C@H]2C(=O)O)O[C@H](COC(C)=O)[C@H](OC(C)=O)[C@@H]1OC(C)=O. The molecule has 0 bridgehead atoms. The van der Waals surface area contributed by atoms with E-state index < -0.39 is 103 Å². The highest BCUT2D eigenvalue weighted by Gasteiger charge is 2.52. The number of carbonyl (C=O) groups excluding carboxylic acids is 6. The zero-order valence-electron chi connectivity index (χ0n) is 24.9. The molecule has 3 amide bonds. The second-order valence-electron chi connectivity index (χ2n) is 10.4. The Balaban J connectivity index is 2.51. The number of carboxylic acid groups (broad SMARTS) is 1. The molecular formula is C26H40N4O13. The van der Waals surface area contributed by atoms with Gasteiger partial charge in [0.1, 0.15) is 30.8 Å². The third kappa shape index (κ3) is 9.86. The van der Waals surface area contributed by atoms with Crippen LogP contribution >= 0.6 is 0 Å². The second-order valence-corrected chi connectivity index (χ2v) is 10.4. The topological polar surface area (TPSA) is 239 Å². The van der Waals surface area contributed by atoms with E-state index in [0.717, 1.165) is 32.6 Å². The van der Waals surface area contributed by atoms with Gasteiger partial charge < -0.3 is 50.1 Å². The molecule has 0 saturated carbocycles. The van der Waals surface area contributed by atoms with Gasteiger partial charge in [-0.05, 0) is 26.7 Å². The van der Waals surface area contributed by atoms with Crippen molar-refractivity contribution in [1.82, 2.24) is 15.5 Å². The van der Waals surface area contributed by atoms with Gasteiger partial charge in [0.05, 0.1) is 12.1 Å². The van der Waals surface area contributed by atoms with Crippen molar-refractivity contribution in [3.8, 4) is 0 Å². The van der Waals surface area contributed by atoms with E-state index in [1.165, 1.54) is 13.8 Å². The Kier molecular flexibility index (Phi) is 12.8. The molecule has 2 aliphatic heterocycles.